The number of aromatic nitrogens is 1. The van der Waals surface area contributed by atoms with Gasteiger partial charge in [-0.2, -0.15) is 0 Å². The molecule has 0 saturated heterocycles. The molecule has 0 spiro atoms. The van der Waals surface area contributed by atoms with E-state index in [0.29, 0.717) is 0 Å². The van der Waals surface area contributed by atoms with Crippen LogP contribution in [-0.2, 0) is 5.54 Å². The molecule has 0 saturated carbocycles. The van der Waals surface area contributed by atoms with Gasteiger partial charge in [0.15, 0.2) is 0 Å². The summed E-state index contributed by atoms with van der Waals surface area (Å²) >= 11 is 0. The van der Waals surface area contributed by atoms with Crippen LogP contribution in [0.4, 0.5) is 0 Å². The maximum atomic E-state index is 2.37. The minimum atomic E-state index is -0.0572. The normalized spacial score (nSPS) is 11.6. The number of benzene rings is 2. The van der Waals surface area contributed by atoms with Gasteiger partial charge in [-0.25, -0.2) is 0 Å². The molecule has 0 unspecified atom stereocenters. The number of hydrogen-bond acceptors (Lipinski definition) is 0. The molecular formula is C20H21N. The third-order valence-corrected chi connectivity index (χ3v) is 4.31. The highest BCUT2D eigenvalue weighted by Crippen LogP contribution is 2.32. The topological polar surface area (TPSA) is 4.93 Å². The summed E-state index contributed by atoms with van der Waals surface area (Å²) in [5.41, 5.74) is 5.15. The van der Waals surface area contributed by atoms with E-state index >= 15 is 0 Å². The van der Waals surface area contributed by atoms with Crippen molar-refractivity contribution >= 4 is 0 Å². The molecular weight excluding hydrogens is 254 g/mol. The van der Waals surface area contributed by atoms with Crippen LogP contribution in [0.15, 0.2) is 72.9 Å². The van der Waals surface area contributed by atoms with Crippen LogP contribution in [0.25, 0.3) is 11.1 Å². The Morgan fingerprint density at radius 3 is 1.95 bits per heavy atom. The van der Waals surface area contributed by atoms with E-state index in [0.717, 1.165) is 0 Å². The Morgan fingerprint density at radius 1 is 0.762 bits per heavy atom. The molecule has 21 heavy (non-hydrogen) atoms. The Hall–Kier alpha value is -2.28. The molecule has 1 heteroatoms. The van der Waals surface area contributed by atoms with Crippen molar-refractivity contribution in [3.8, 4) is 11.1 Å². The van der Waals surface area contributed by atoms with Crippen LogP contribution >= 0.6 is 0 Å². The Bertz CT molecular complexity index is 721. The summed E-state index contributed by atoms with van der Waals surface area (Å²) in [7, 11) is 0. The van der Waals surface area contributed by atoms with Crippen molar-refractivity contribution in [3.63, 3.8) is 0 Å². The minimum absolute atomic E-state index is 0.0572. The zero-order valence-electron chi connectivity index (χ0n) is 12.9. The minimum Gasteiger partial charge on any atom is -0.342 e. The molecule has 1 aromatic heterocycles. The quantitative estimate of drug-likeness (QED) is 0.615. The fourth-order valence-electron chi connectivity index (χ4n) is 3.02. The zero-order chi connectivity index (χ0) is 14.9. The summed E-state index contributed by atoms with van der Waals surface area (Å²) in [6.07, 6.45) is 2.20. The van der Waals surface area contributed by atoms with Crippen LogP contribution in [0.3, 0.4) is 0 Å². The van der Waals surface area contributed by atoms with Crippen molar-refractivity contribution in [1.82, 2.24) is 4.57 Å². The SMILES string of the molecule is Cc1c(-c2ccccc2)ccn1C(C)(C)c1ccccc1. The van der Waals surface area contributed by atoms with E-state index in [9.17, 15) is 0 Å². The van der Waals surface area contributed by atoms with E-state index in [1.807, 2.05) is 0 Å². The van der Waals surface area contributed by atoms with Gasteiger partial charge >= 0.3 is 0 Å². The number of hydrogen-bond donors (Lipinski definition) is 0. The van der Waals surface area contributed by atoms with Crippen LogP contribution in [0.5, 0.6) is 0 Å². The van der Waals surface area contributed by atoms with Crippen molar-refractivity contribution in [3.05, 3.63) is 84.2 Å². The predicted octanol–water partition coefficient (Wildman–Crippen LogP) is 5.25. The second-order valence-electron chi connectivity index (χ2n) is 5.98. The molecule has 0 N–H and O–H groups in total. The second-order valence-corrected chi connectivity index (χ2v) is 5.98. The molecule has 2 aromatic carbocycles. The summed E-state index contributed by atoms with van der Waals surface area (Å²) < 4.78 is 2.37. The van der Waals surface area contributed by atoms with E-state index in [2.05, 4.69) is 98.3 Å². The zero-order valence-corrected chi connectivity index (χ0v) is 12.9. The second kappa shape index (κ2) is 5.25. The third kappa shape index (κ3) is 2.40. The standard InChI is InChI=1S/C20H21N/c1-16-19(17-10-6-4-7-11-17)14-15-21(16)20(2,3)18-12-8-5-9-13-18/h4-15H,1-3H3. The Balaban J connectivity index is 2.07. The summed E-state index contributed by atoms with van der Waals surface area (Å²) in [4.78, 5) is 0. The lowest BCUT2D eigenvalue weighted by atomic mass is 9.93. The highest BCUT2D eigenvalue weighted by Gasteiger charge is 2.24. The monoisotopic (exact) mass is 275 g/mol. The highest BCUT2D eigenvalue weighted by molar-refractivity contribution is 5.66. The average molecular weight is 275 g/mol. The van der Waals surface area contributed by atoms with E-state index in [4.69, 9.17) is 0 Å². The van der Waals surface area contributed by atoms with Gasteiger partial charge in [-0.15, -0.1) is 0 Å². The highest BCUT2D eigenvalue weighted by atomic mass is 15.0. The fourth-order valence-corrected chi connectivity index (χ4v) is 3.02. The largest absolute Gasteiger partial charge is 0.342 e. The molecule has 0 radical (unpaired) electrons. The summed E-state index contributed by atoms with van der Waals surface area (Å²) in [5.74, 6) is 0. The van der Waals surface area contributed by atoms with Crippen LogP contribution < -0.4 is 0 Å². The van der Waals surface area contributed by atoms with Gasteiger partial charge in [-0.05, 0) is 38.0 Å². The molecule has 1 nitrogen and oxygen atoms in total. The van der Waals surface area contributed by atoms with E-state index in [1.165, 1.54) is 22.4 Å². The van der Waals surface area contributed by atoms with Crippen molar-refractivity contribution in [2.75, 3.05) is 0 Å². The van der Waals surface area contributed by atoms with Gasteiger partial charge in [0.25, 0.3) is 0 Å². The van der Waals surface area contributed by atoms with Crippen LogP contribution in [0, 0.1) is 6.92 Å². The first-order valence-electron chi connectivity index (χ1n) is 7.40. The Labute approximate surface area is 126 Å². The molecule has 0 aliphatic carbocycles. The fraction of sp³-hybridized carbons (Fsp3) is 0.200. The number of rotatable bonds is 3. The van der Waals surface area contributed by atoms with Crippen LogP contribution in [0.1, 0.15) is 25.1 Å². The molecule has 0 bridgehead atoms. The van der Waals surface area contributed by atoms with Crippen molar-refractivity contribution in [2.24, 2.45) is 0 Å². The first-order valence-corrected chi connectivity index (χ1v) is 7.40. The molecule has 0 fully saturated rings. The maximum Gasteiger partial charge on any atom is 0.0637 e. The van der Waals surface area contributed by atoms with Crippen molar-refractivity contribution in [1.29, 1.82) is 0 Å². The average Bonchev–Trinajstić information content (AvgIpc) is 2.91. The molecule has 0 aliphatic rings. The lowest BCUT2D eigenvalue weighted by Gasteiger charge is -2.29. The molecule has 3 rings (SSSR count). The molecule has 0 aliphatic heterocycles. The molecule has 0 atom stereocenters. The van der Waals surface area contributed by atoms with Gasteiger partial charge in [-0.3, -0.25) is 0 Å². The molecule has 0 amide bonds. The summed E-state index contributed by atoms with van der Waals surface area (Å²) in [5, 5.41) is 0. The van der Waals surface area contributed by atoms with Gasteiger partial charge in [0, 0.05) is 17.5 Å². The smallest absolute Gasteiger partial charge is 0.0637 e. The van der Waals surface area contributed by atoms with Gasteiger partial charge in [0.1, 0.15) is 0 Å². The van der Waals surface area contributed by atoms with E-state index in [-0.39, 0.29) is 5.54 Å². The van der Waals surface area contributed by atoms with E-state index < -0.39 is 0 Å². The summed E-state index contributed by atoms with van der Waals surface area (Å²) in [6.45, 7) is 6.74. The van der Waals surface area contributed by atoms with Crippen molar-refractivity contribution < 1.29 is 0 Å². The predicted molar refractivity (Wildman–Crippen MR) is 89.5 cm³/mol. The van der Waals surface area contributed by atoms with Gasteiger partial charge < -0.3 is 4.57 Å². The lowest BCUT2D eigenvalue weighted by molar-refractivity contribution is 0.429. The van der Waals surface area contributed by atoms with E-state index in [1.54, 1.807) is 0 Å². The molecule has 1 heterocycles. The maximum absolute atomic E-state index is 2.37. The van der Waals surface area contributed by atoms with Crippen molar-refractivity contribution in [2.45, 2.75) is 26.3 Å². The van der Waals surface area contributed by atoms with Gasteiger partial charge in [-0.1, -0.05) is 60.7 Å². The third-order valence-electron chi connectivity index (χ3n) is 4.31. The Kier molecular flexibility index (Phi) is 3.42. The van der Waals surface area contributed by atoms with Gasteiger partial charge in [0.2, 0.25) is 0 Å². The molecule has 3 aromatic rings. The summed E-state index contributed by atoms with van der Waals surface area (Å²) in [6, 6.07) is 23.5. The van der Waals surface area contributed by atoms with Gasteiger partial charge in [0.05, 0.1) is 5.54 Å². The lowest BCUT2D eigenvalue weighted by Crippen LogP contribution is -2.27. The number of nitrogens with zero attached hydrogens (tertiary/aromatic N) is 1. The van der Waals surface area contributed by atoms with Crippen LogP contribution in [-0.4, -0.2) is 4.57 Å². The van der Waals surface area contributed by atoms with Crippen LogP contribution in [0.2, 0.25) is 0 Å². The molecule has 106 valence electrons. The Morgan fingerprint density at radius 2 is 1.33 bits per heavy atom. The first-order chi connectivity index (χ1) is 10.1. The first kappa shape index (κ1) is 13.7.